The summed E-state index contributed by atoms with van der Waals surface area (Å²) in [5, 5.41) is 4.67. The van der Waals surface area contributed by atoms with E-state index in [1.165, 1.54) is 12.0 Å². The van der Waals surface area contributed by atoms with E-state index in [2.05, 4.69) is 27.5 Å². The number of piperidine rings is 1. The van der Waals surface area contributed by atoms with Gasteiger partial charge in [0, 0.05) is 43.6 Å². The Bertz CT molecular complexity index is 638. The molecule has 164 valence electrons. The zero-order valence-electron chi connectivity index (χ0n) is 17.3. The molecule has 0 radical (unpaired) electrons. The molecular formula is C21H33ClIN3O2S. The van der Waals surface area contributed by atoms with Gasteiger partial charge < -0.3 is 19.7 Å². The summed E-state index contributed by atoms with van der Waals surface area (Å²) >= 11 is 7.98. The maximum atomic E-state index is 6.16. The van der Waals surface area contributed by atoms with E-state index in [0.29, 0.717) is 17.5 Å². The van der Waals surface area contributed by atoms with E-state index in [1.807, 2.05) is 37.0 Å². The first-order chi connectivity index (χ1) is 13.7. The summed E-state index contributed by atoms with van der Waals surface area (Å²) < 4.78 is 11.7. The third-order valence-electron chi connectivity index (χ3n) is 5.45. The largest absolute Gasteiger partial charge is 0.376 e. The molecule has 2 atom stereocenters. The number of rotatable bonds is 7. The second kappa shape index (κ2) is 13.2. The summed E-state index contributed by atoms with van der Waals surface area (Å²) in [5.41, 5.74) is 1.24. The second-order valence-electron chi connectivity index (χ2n) is 7.36. The lowest BCUT2D eigenvalue weighted by Crippen LogP contribution is -2.47. The van der Waals surface area contributed by atoms with Crippen LogP contribution in [0.5, 0.6) is 0 Å². The quantitative estimate of drug-likeness (QED) is 0.304. The highest BCUT2D eigenvalue weighted by Gasteiger charge is 2.24. The van der Waals surface area contributed by atoms with Crippen LogP contribution in [0.25, 0.3) is 0 Å². The lowest BCUT2D eigenvalue weighted by molar-refractivity contribution is -0.0367. The molecule has 8 heteroatoms. The van der Waals surface area contributed by atoms with Gasteiger partial charge in [-0.15, -0.1) is 24.0 Å². The van der Waals surface area contributed by atoms with Crippen LogP contribution in [0.15, 0.2) is 29.3 Å². The molecule has 2 unspecified atom stereocenters. The van der Waals surface area contributed by atoms with Gasteiger partial charge >= 0.3 is 0 Å². The normalized spacial score (nSPS) is 21.7. The van der Waals surface area contributed by atoms with Crippen LogP contribution in [0.2, 0.25) is 5.02 Å². The Balaban J connectivity index is 0.00000300. The first kappa shape index (κ1) is 25.0. The summed E-state index contributed by atoms with van der Waals surface area (Å²) in [7, 11) is 1.86. The third-order valence-corrected chi connectivity index (χ3v) is 6.69. The maximum Gasteiger partial charge on any atom is 0.193 e. The molecule has 1 aromatic carbocycles. The fourth-order valence-corrected chi connectivity index (χ4v) is 4.68. The Hall–Kier alpha value is -0.220. The van der Waals surface area contributed by atoms with E-state index in [9.17, 15) is 0 Å². The highest BCUT2D eigenvalue weighted by molar-refractivity contribution is 14.0. The van der Waals surface area contributed by atoms with Gasteiger partial charge in [-0.2, -0.15) is 11.8 Å². The predicted molar refractivity (Wildman–Crippen MR) is 134 cm³/mol. The maximum absolute atomic E-state index is 6.16. The Morgan fingerprint density at radius 3 is 2.79 bits per heavy atom. The molecule has 2 heterocycles. The van der Waals surface area contributed by atoms with Crippen molar-refractivity contribution in [3.63, 3.8) is 0 Å². The third kappa shape index (κ3) is 7.76. The summed E-state index contributed by atoms with van der Waals surface area (Å²) in [5.74, 6) is 0.971. The highest BCUT2D eigenvalue weighted by atomic mass is 127. The van der Waals surface area contributed by atoms with Gasteiger partial charge in [0.05, 0.1) is 18.8 Å². The van der Waals surface area contributed by atoms with Gasteiger partial charge in [0.15, 0.2) is 5.96 Å². The number of hydrogen-bond donors (Lipinski definition) is 1. The molecule has 0 spiro atoms. The molecule has 1 N–H and O–H groups in total. The minimum Gasteiger partial charge on any atom is -0.376 e. The van der Waals surface area contributed by atoms with Crippen molar-refractivity contribution in [3.05, 3.63) is 34.9 Å². The van der Waals surface area contributed by atoms with E-state index in [4.69, 9.17) is 21.1 Å². The number of aliphatic imine (C=N–C) groups is 1. The molecule has 0 bridgehead atoms. The van der Waals surface area contributed by atoms with E-state index in [-0.39, 0.29) is 24.0 Å². The summed E-state index contributed by atoms with van der Waals surface area (Å²) in [6.45, 7) is 4.39. The topological polar surface area (TPSA) is 46.1 Å². The Morgan fingerprint density at radius 2 is 2.17 bits per heavy atom. The molecule has 2 fully saturated rings. The van der Waals surface area contributed by atoms with Crippen molar-refractivity contribution in [2.45, 2.75) is 43.1 Å². The average Bonchev–Trinajstić information content (AvgIpc) is 3.24. The predicted octanol–water partition coefficient (Wildman–Crippen LogP) is 4.60. The number of thioether (sulfide) groups is 1. The van der Waals surface area contributed by atoms with Crippen molar-refractivity contribution in [1.82, 2.24) is 10.2 Å². The molecule has 0 aromatic heterocycles. The minimum atomic E-state index is 0. The first-order valence-electron chi connectivity index (χ1n) is 10.2. The van der Waals surface area contributed by atoms with Crippen molar-refractivity contribution in [2.75, 3.05) is 46.2 Å². The van der Waals surface area contributed by atoms with Crippen LogP contribution in [0.1, 0.15) is 36.5 Å². The molecular weight excluding hydrogens is 521 g/mol. The van der Waals surface area contributed by atoms with Crippen LogP contribution >= 0.6 is 47.3 Å². The molecule has 29 heavy (non-hydrogen) atoms. The van der Waals surface area contributed by atoms with Crippen LogP contribution in [0, 0.1) is 0 Å². The van der Waals surface area contributed by atoms with Crippen molar-refractivity contribution in [1.29, 1.82) is 0 Å². The monoisotopic (exact) mass is 553 g/mol. The standard InChI is InChI=1S/C21H32ClN3O2S.HI/c1-23-21(24-14-20(28-2)16-5-3-6-17(22)13-16)25-10-8-18(9-11-25)27-15-19-7-4-12-26-19;/h3,5-6,13,18-20H,4,7-12,14-15H2,1-2H3,(H,23,24);1H. The lowest BCUT2D eigenvalue weighted by atomic mass is 10.1. The molecule has 0 amide bonds. The fourth-order valence-electron chi connectivity index (χ4n) is 3.81. The van der Waals surface area contributed by atoms with Crippen LogP contribution in [0.4, 0.5) is 0 Å². The number of guanidine groups is 1. The number of likely N-dealkylation sites (tertiary alicyclic amines) is 1. The molecule has 2 aliphatic rings. The molecule has 0 saturated carbocycles. The van der Waals surface area contributed by atoms with E-state index in [0.717, 1.165) is 63.1 Å². The Morgan fingerprint density at radius 1 is 1.38 bits per heavy atom. The molecule has 5 nitrogen and oxygen atoms in total. The number of ether oxygens (including phenoxy) is 2. The van der Waals surface area contributed by atoms with Gasteiger partial charge in [0.1, 0.15) is 0 Å². The number of nitrogens with one attached hydrogen (secondary N) is 1. The van der Waals surface area contributed by atoms with Crippen molar-refractivity contribution in [3.8, 4) is 0 Å². The average molecular weight is 554 g/mol. The number of halogens is 2. The zero-order valence-corrected chi connectivity index (χ0v) is 21.2. The van der Waals surface area contributed by atoms with Crippen LogP contribution in [0.3, 0.4) is 0 Å². The lowest BCUT2D eigenvalue weighted by Gasteiger charge is -2.35. The summed E-state index contributed by atoms with van der Waals surface area (Å²) in [6, 6.07) is 8.11. The number of nitrogens with zero attached hydrogens (tertiary/aromatic N) is 2. The molecule has 2 saturated heterocycles. The van der Waals surface area contributed by atoms with E-state index >= 15 is 0 Å². The van der Waals surface area contributed by atoms with Gasteiger partial charge in [0.25, 0.3) is 0 Å². The van der Waals surface area contributed by atoms with Gasteiger partial charge in [-0.25, -0.2) is 0 Å². The zero-order chi connectivity index (χ0) is 19.8. The molecule has 2 aliphatic heterocycles. The van der Waals surface area contributed by atoms with Gasteiger partial charge in [-0.3, -0.25) is 4.99 Å². The van der Waals surface area contributed by atoms with Crippen LogP contribution in [-0.4, -0.2) is 69.2 Å². The number of hydrogen-bond acceptors (Lipinski definition) is 4. The van der Waals surface area contributed by atoms with Crippen molar-refractivity contribution >= 4 is 53.3 Å². The Kier molecular flexibility index (Phi) is 11.4. The molecule has 3 rings (SSSR count). The smallest absolute Gasteiger partial charge is 0.193 e. The van der Waals surface area contributed by atoms with Gasteiger partial charge in [-0.05, 0) is 49.6 Å². The molecule has 1 aromatic rings. The van der Waals surface area contributed by atoms with Gasteiger partial charge in [-0.1, -0.05) is 23.7 Å². The van der Waals surface area contributed by atoms with Crippen LogP contribution < -0.4 is 5.32 Å². The molecule has 0 aliphatic carbocycles. The van der Waals surface area contributed by atoms with Crippen molar-refractivity contribution < 1.29 is 9.47 Å². The summed E-state index contributed by atoms with van der Waals surface area (Å²) in [6.07, 6.45) is 7.15. The SMILES string of the molecule is CN=C(NCC(SC)c1cccc(Cl)c1)N1CCC(OCC2CCCO2)CC1.I. The Labute approximate surface area is 201 Å². The van der Waals surface area contributed by atoms with Crippen molar-refractivity contribution in [2.24, 2.45) is 4.99 Å². The minimum absolute atomic E-state index is 0. The second-order valence-corrected chi connectivity index (χ2v) is 8.84. The number of benzene rings is 1. The van der Waals surface area contributed by atoms with Crippen LogP contribution in [-0.2, 0) is 9.47 Å². The highest BCUT2D eigenvalue weighted by Crippen LogP contribution is 2.27. The first-order valence-corrected chi connectivity index (χ1v) is 11.8. The van der Waals surface area contributed by atoms with Gasteiger partial charge in [0.2, 0.25) is 0 Å². The summed E-state index contributed by atoms with van der Waals surface area (Å²) in [4.78, 5) is 6.83. The fraction of sp³-hybridized carbons (Fsp3) is 0.667. The van der Waals surface area contributed by atoms with E-state index in [1.54, 1.807) is 0 Å². The van der Waals surface area contributed by atoms with E-state index < -0.39 is 0 Å².